The Morgan fingerprint density at radius 3 is 2.81 bits per heavy atom. The van der Waals surface area contributed by atoms with Crippen LogP contribution in [0.2, 0.25) is 0 Å². The molecule has 4 nitrogen and oxygen atoms in total. The van der Waals surface area contributed by atoms with E-state index in [1.807, 2.05) is 12.1 Å². The van der Waals surface area contributed by atoms with Gasteiger partial charge in [-0.05, 0) is 49.1 Å². The number of hydrogen-bond donors (Lipinski definition) is 2. The normalized spacial score (nSPS) is 17.7. The summed E-state index contributed by atoms with van der Waals surface area (Å²) in [5, 5.41) is 4.32. The standard InChI is InChI=1S/C22H25N3O/c1-15-10-16(2)19-12-21(24-20(19)11-15)22(26)23-18-8-9-25(14-18)13-17-6-4-3-5-7-17/h3-7,10-12,18,24H,8-9,13-14H2,1-2H3,(H,23,26). The minimum Gasteiger partial charge on any atom is -0.351 e. The number of aromatic nitrogens is 1. The van der Waals surface area contributed by atoms with Crippen LogP contribution in [0.5, 0.6) is 0 Å². The van der Waals surface area contributed by atoms with Gasteiger partial charge in [0.05, 0.1) is 0 Å². The molecule has 1 saturated heterocycles. The predicted octanol–water partition coefficient (Wildman–Crippen LogP) is 3.79. The largest absolute Gasteiger partial charge is 0.351 e. The first-order valence-corrected chi connectivity index (χ1v) is 9.25. The lowest BCUT2D eigenvalue weighted by Gasteiger charge is -2.16. The van der Waals surface area contributed by atoms with Crippen LogP contribution in [0.15, 0.2) is 48.5 Å². The van der Waals surface area contributed by atoms with Crippen LogP contribution in [0.1, 0.15) is 33.6 Å². The van der Waals surface area contributed by atoms with Gasteiger partial charge in [0.2, 0.25) is 0 Å². The number of aromatic amines is 1. The second-order valence-corrected chi connectivity index (χ2v) is 7.41. The number of rotatable bonds is 4. The molecule has 2 heterocycles. The molecule has 1 unspecified atom stereocenters. The van der Waals surface area contributed by atoms with E-state index in [0.29, 0.717) is 5.69 Å². The SMILES string of the molecule is Cc1cc(C)c2cc(C(=O)NC3CCN(Cc4ccccc4)C3)[nH]c2c1. The molecule has 26 heavy (non-hydrogen) atoms. The highest BCUT2D eigenvalue weighted by Gasteiger charge is 2.24. The summed E-state index contributed by atoms with van der Waals surface area (Å²) < 4.78 is 0. The molecule has 134 valence electrons. The Labute approximate surface area is 154 Å². The van der Waals surface area contributed by atoms with Crippen LogP contribution in [0, 0.1) is 13.8 Å². The molecule has 1 aliphatic rings. The summed E-state index contributed by atoms with van der Waals surface area (Å²) in [5.74, 6) is -0.00943. The summed E-state index contributed by atoms with van der Waals surface area (Å²) in [4.78, 5) is 18.3. The third-order valence-electron chi connectivity index (χ3n) is 5.19. The minimum absolute atomic E-state index is 0.00943. The van der Waals surface area contributed by atoms with E-state index in [9.17, 15) is 4.79 Å². The molecular formula is C22H25N3O. The number of likely N-dealkylation sites (tertiary alicyclic amines) is 1. The number of benzene rings is 2. The molecule has 1 fully saturated rings. The molecule has 0 spiro atoms. The van der Waals surface area contributed by atoms with Gasteiger partial charge in [-0.15, -0.1) is 0 Å². The molecule has 1 aromatic heterocycles. The molecule has 0 radical (unpaired) electrons. The zero-order chi connectivity index (χ0) is 18.1. The zero-order valence-electron chi connectivity index (χ0n) is 15.4. The Bertz CT molecular complexity index is 929. The van der Waals surface area contributed by atoms with E-state index in [-0.39, 0.29) is 11.9 Å². The zero-order valence-corrected chi connectivity index (χ0v) is 15.4. The molecule has 3 aromatic rings. The van der Waals surface area contributed by atoms with E-state index in [1.54, 1.807) is 0 Å². The number of carbonyl (C=O) groups excluding carboxylic acids is 1. The van der Waals surface area contributed by atoms with Crippen molar-refractivity contribution < 1.29 is 4.79 Å². The summed E-state index contributed by atoms with van der Waals surface area (Å²) in [6.45, 7) is 7.03. The number of amides is 1. The second kappa shape index (κ2) is 6.96. The monoisotopic (exact) mass is 347 g/mol. The average Bonchev–Trinajstić information content (AvgIpc) is 3.23. The molecule has 0 aliphatic carbocycles. The highest BCUT2D eigenvalue weighted by molar-refractivity contribution is 5.99. The van der Waals surface area contributed by atoms with Gasteiger partial charge in [-0.3, -0.25) is 9.69 Å². The fraction of sp³-hybridized carbons (Fsp3) is 0.318. The van der Waals surface area contributed by atoms with E-state index >= 15 is 0 Å². The smallest absolute Gasteiger partial charge is 0.267 e. The maximum atomic E-state index is 12.7. The van der Waals surface area contributed by atoms with Crippen molar-refractivity contribution in [3.8, 4) is 0 Å². The lowest BCUT2D eigenvalue weighted by molar-refractivity contribution is 0.0933. The summed E-state index contributed by atoms with van der Waals surface area (Å²) >= 11 is 0. The molecule has 0 saturated carbocycles. The van der Waals surface area contributed by atoms with Crippen LogP contribution >= 0.6 is 0 Å². The first-order valence-electron chi connectivity index (χ1n) is 9.25. The van der Waals surface area contributed by atoms with Crippen molar-refractivity contribution in [3.05, 3.63) is 70.9 Å². The third kappa shape index (κ3) is 3.51. The maximum absolute atomic E-state index is 12.7. The minimum atomic E-state index is -0.00943. The Kier molecular flexibility index (Phi) is 4.51. The number of H-pyrrole nitrogens is 1. The second-order valence-electron chi connectivity index (χ2n) is 7.41. The number of aryl methyl sites for hydroxylation is 2. The number of carbonyl (C=O) groups is 1. The van der Waals surface area contributed by atoms with Gasteiger partial charge in [0.25, 0.3) is 5.91 Å². The summed E-state index contributed by atoms with van der Waals surface area (Å²) in [5.41, 5.74) is 5.40. The van der Waals surface area contributed by atoms with Gasteiger partial charge in [0.15, 0.2) is 0 Å². The quantitative estimate of drug-likeness (QED) is 0.754. The van der Waals surface area contributed by atoms with Crippen molar-refractivity contribution in [2.45, 2.75) is 32.9 Å². The Hall–Kier alpha value is -2.59. The molecule has 1 aliphatic heterocycles. The Morgan fingerprint density at radius 2 is 2.00 bits per heavy atom. The van der Waals surface area contributed by atoms with Gasteiger partial charge in [0, 0.05) is 36.6 Å². The van der Waals surface area contributed by atoms with Crippen LogP contribution in [0.25, 0.3) is 10.9 Å². The maximum Gasteiger partial charge on any atom is 0.267 e. The predicted molar refractivity (Wildman–Crippen MR) is 105 cm³/mol. The third-order valence-corrected chi connectivity index (χ3v) is 5.19. The molecule has 1 amide bonds. The van der Waals surface area contributed by atoms with Crippen LogP contribution < -0.4 is 5.32 Å². The van der Waals surface area contributed by atoms with Gasteiger partial charge in [0.1, 0.15) is 5.69 Å². The van der Waals surface area contributed by atoms with E-state index in [4.69, 9.17) is 0 Å². The highest BCUT2D eigenvalue weighted by atomic mass is 16.2. The van der Waals surface area contributed by atoms with Gasteiger partial charge in [-0.1, -0.05) is 36.4 Å². The van der Waals surface area contributed by atoms with Gasteiger partial charge in [-0.2, -0.15) is 0 Å². The fourth-order valence-corrected chi connectivity index (χ4v) is 3.92. The lowest BCUT2D eigenvalue weighted by Crippen LogP contribution is -2.37. The topological polar surface area (TPSA) is 48.1 Å². The van der Waals surface area contributed by atoms with Crippen LogP contribution in [-0.2, 0) is 6.54 Å². The van der Waals surface area contributed by atoms with Crippen molar-refractivity contribution in [2.24, 2.45) is 0 Å². The number of fused-ring (bicyclic) bond motifs is 1. The molecule has 1 atom stereocenters. The molecule has 0 bridgehead atoms. The Morgan fingerprint density at radius 1 is 1.19 bits per heavy atom. The number of nitrogens with one attached hydrogen (secondary N) is 2. The van der Waals surface area contributed by atoms with E-state index in [0.717, 1.165) is 37.0 Å². The van der Waals surface area contributed by atoms with E-state index < -0.39 is 0 Å². The van der Waals surface area contributed by atoms with Crippen molar-refractivity contribution in [3.63, 3.8) is 0 Å². The summed E-state index contributed by atoms with van der Waals surface area (Å²) in [6.07, 6.45) is 0.997. The fourth-order valence-electron chi connectivity index (χ4n) is 3.92. The van der Waals surface area contributed by atoms with Gasteiger partial charge >= 0.3 is 0 Å². The molecule has 2 N–H and O–H groups in total. The van der Waals surface area contributed by atoms with Crippen LogP contribution in [-0.4, -0.2) is 34.9 Å². The number of nitrogens with zero attached hydrogens (tertiary/aromatic N) is 1. The highest BCUT2D eigenvalue weighted by Crippen LogP contribution is 2.22. The molecule has 2 aromatic carbocycles. The van der Waals surface area contributed by atoms with Crippen molar-refractivity contribution in [2.75, 3.05) is 13.1 Å². The van der Waals surface area contributed by atoms with E-state index in [2.05, 4.69) is 65.4 Å². The van der Waals surface area contributed by atoms with Crippen molar-refractivity contribution in [1.29, 1.82) is 0 Å². The van der Waals surface area contributed by atoms with Crippen molar-refractivity contribution in [1.82, 2.24) is 15.2 Å². The first-order chi connectivity index (χ1) is 12.6. The summed E-state index contributed by atoms with van der Waals surface area (Å²) in [7, 11) is 0. The molecular weight excluding hydrogens is 322 g/mol. The lowest BCUT2D eigenvalue weighted by atomic mass is 10.1. The first kappa shape index (κ1) is 16.9. The van der Waals surface area contributed by atoms with Gasteiger partial charge < -0.3 is 10.3 Å². The Balaban J connectivity index is 1.40. The summed E-state index contributed by atoms with van der Waals surface area (Å²) in [6, 6.07) is 16.9. The van der Waals surface area contributed by atoms with Crippen LogP contribution in [0.3, 0.4) is 0 Å². The molecule has 4 rings (SSSR count). The van der Waals surface area contributed by atoms with E-state index in [1.165, 1.54) is 16.7 Å². The van der Waals surface area contributed by atoms with Gasteiger partial charge in [-0.25, -0.2) is 0 Å². The molecule has 4 heteroatoms. The average molecular weight is 347 g/mol. The van der Waals surface area contributed by atoms with Crippen molar-refractivity contribution >= 4 is 16.8 Å². The van der Waals surface area contributed by atoms with Crippen LogP contribution in [0.4, 0.5) is 0 Å². The number of hydrogen-bond acceptors (Lipinski definition) is 2.